The van der Waals surface area contributed by atoms with Gasteiger partial charge >= 0.3 is 0 Å². The van der Waals surface area contributed by atoms with E-state index in [1.54, 1.807) is 48.4 Å². The van der Waals surface area contributed by atoms with Crippen molar-refractivity contribution < 1.29 is 14.6 Å². The maximum Gasteiger partial charge on any atom is 0.258 e. The van der Waals surface area contributed by atoms with Crippen LogP contribution in [0.3, 0.4) is 0 Å². The van der Waals surface area contributed by atoms with Crippen molar-refractivity contribution in [2.45, 2.75) is 13.8 Å². The number of rotatable bonds is 4. The number of benzene rings is 2. The van der Waals surface area contributed by atoms with E-state index in [1.165, 1.54) is 0 Å². The van der Waals surface area contributed by atoms with Gasteiger partial charge in [-0.3, -0.25) is 4.79 Å². The first kappa shape index (κ1) is 14.9. The minimum Gasteiger partial charge on any atom is -0.508 e. The number of anilines is 1. The van der Waals surface area contributed by atoms with E-state index in [-0.39, 0.29) is 11.7 Å². The topological polar surface area (TPSA) is 49.8 Å². The summed E-state index contributed by atoms with van der Waals surface area (Å²) in [4.78, 5) is 14.3. The van der Waals surface area contributed by atoms with Crippen molar-refractivity contribution >= 4 is 11.6 Å². The molecule has 1 amide bonds. The first-order chi connectivity index (χ1) is 10.1. The number of phenolic OH excluding ortho intramolecular Hbond substituents is 1. The molecule has 0 saturated heterocycles. The molecule has 0 aliphatic rings. The lowest BCUT2D eigenvalue weighted by Crippen LogP contribution is -2.30. The molecule has 0 bridgehead atoms. The Morgan fingerprint density at radius 1 is 1.24 bits per heavy atom. The molecule has 110 valence electrons. The summed E-state index contributed by atoms with van der Waals surface area (Å²) in [6.45, 7) is 4.34. The molecule has 0 aliphatic heterocycles. The summed E-state index contributed by atoms with van der Waals surface area (Å²) < 4.78 is 5.26. The first-order valence-corrected chi connectivity index (χ1v) is 6.82. The molecular formula is C17H19NO3. The second-order valence-corrected chi connectivity index (χ2v) is 4.75. The number of aromatic hydroxyl groups is 1. The molecule has 0 aliphatic carbocycles. The Hall–Kier alpha value is -2.49. The Balaban J connectivity index is 2.36. The molecule has 2 aromatic rings. The summed E-state index contributed by atoms with van der Waals surface area (Å²) in [5, 5.41) is 9.57. The maximum atomic E-state index is 12.7. The van der Waals surface area contributed by atoms with Crippen molar-refractivity contribution in [2.24, 2.45) is 0 Å². The molecular weight excluding hydrogens is 266 g/mol. The van der Waals surface area contributed by atoms with Crippen LogP contribution in [0, 0.1) is 6.92 Å². The molecule has 0 aromatic heterocycles. The van der Waals surface area contributed by atoms with Gasteiger partial charge in [0, 0.05) is 23.9 Å². The molecule has 0 heterocycles. The van der Waals surface area contributed by atoms with E-state index < -0.39 is 0 Å². The van der Waals surface area contributed by atoms with Crippen molar-refractivity contribution in [3.8, 4) is 11.5 Å². The summed E-state index contributed by atoms with van der Waals surface area (Å²) in [6, 6.07) is 12.1. The van der Waals surface area contributed by atoms with Crippen LogP contribution in [-0.4, -0.2) is 24.7 Å². The van der Waals surface area contributed by atoms with Crippen LogP contribution >= 0.6 is 0 Å². The van der Waals surface area contributed by atoms with Crippen LogP contribution in [0.4, 0.5) is 5.69 Å². The third-order valence-electron chi connectivity index (χ3n) is 3.36. The lowest BCUT2D eigenvalue weighted by molar-refractivity contribution is 0.0988. The number of phenols is 1. The van der Waals surface area contributed by atoms with Crippen LogP contribution in [-0.2, 0) is 0 Å². The van der Waals surface area contributed by atoms with Gasteiger partial charge in [0.25, 0.3) is 5.91 Å². The molecule has 21 heavy (non-hydrogen) atoms. The normalized spacial score (nSPS) is 10.2. The smallest absolute Gasteiger partial charge is 0.258 e. The monoisotopic (exact) mass is 285 g/mol. The van der Waals surface area contributed by atoms with Crippen LogP contribution < -0.4 is 9.64 Å². The van der Waals surface area contributed by atoms with E-state index in [1.807, 2.05) is 19.9 Å². The van der Waals surface area contributed by atoms with Gasteiger partial charge in [0.15, 0.2) is 0 Å². The molecule has 4 nitrogen and oxygen atoms in total. The van der Waals surface area contributed by atoms with Crippen molar-refractivity contribution in [3.05, 3.63) is 53.6 Å². The molecule has 2 rings (SSSR count). The predicted molar refractivity (Wildman–Crippen MR) is 83.2 cm³/mol. The number of hydrogen-bond donors (Lipinski definition) is 1. The van der Waals surface area contributed by atoms with Crippen molar-refractivity contribution in [1.29, 1.82) is 0 Å². The minimum absolute atomic E-state index is 0.124. The van der Waals surface area contributed by atoms with Gasteiger partial charge < -0.3 is 14.7 Å². The molecule has 0 radical (unpaired) electrons. The van der Waals surface area contributed by atoms with Gasteiger partial charge in [0.2, 0.25) is 0 Å². The number of hydrogen-bond acceptors (Lipinski definition) is 3. The number of aryl methyl sites for hydroxylation is 1. The fourth-order valence-corrected chi connectivity index (χ4v) is 2.21. The lowest BCUT2D eigenvalue weighted by Gasteiger charge is -2.21. The largest absolute Gasteiger partial charge is 0.508 e. The number of carbonyl (C=O) groups excluding carboxylic acids is 1. The highest BCUT2D eigenvalue weighted by Crippen LogP contribution is 2.24. The van der Waals surface area contributed by atoms with Gasteiger partial charge in [-0.25, -0.2) is 0 Å². The second kappa shape index (κ2) is 6.31. The average Bonchev–Trinajstić information content (AvgIpc) is 2.48. The van der Waals surface area contributed by atoms with Crippen molar-refractivity contribution in [2.75, 3.05) is 18.6 Å². The van der Waals surface area contributed by atoms with Crippen molar-refractivity contribution in [3.63, 3.8) is 0 Å². The average molecular weight is 285 g/mol. The summed E-state index contributed by atoms with van der Waals surface area (Å²) >= 11 is 0. The summed E-state index contributed by atoms with van der Waals surface area (Å²) in [7, 11) is 1.59. The minimum atomic E-state index is -0.124. The van der Waals surface area contributed by atoms with Crippen LogP contribution in [0.1, 0.15) is 22.8 Å². The molecule has 0 fully saturated rings. The maximum absolute atomic E-state index is 12.7. The number of ether oxygens (including phenoxy) is 1. The highest BCUT2D eigenvalue weighted by Gasteiger charge is 2.17. The van der Waals surface area contributed by atoms with Gasteiger partial charge in [-0.2, -0.15) is 0 Å². The quantitative estimate of drug-likeness (QED) is 0.937. The third-order valence-corrected chi connectivity index (χ3v) is 3.36. The van der Waals surface area contributed by atoms with Crippen molar-refractivity contribution in [1.82, 2.24) is 0 Å². The second-order valence-electron chi connectivity index (χ2n) is 4.75. The van der Waals surface area contributed by atoms with Gasteiger partial charge in [0.05, 0.1) is 7.11 Å². The van der Waals surface area contributed by atoms with Gasteiger partial charge in [-0.05, 0) is 43.7 Å². The molecule has 0 spiro atoms. The Bertz CT molecular complexity index is 652. The predicted octanol–water partition coefficient (Wildman–Crippen LogP) is 3.38. The van der Waals surface area contributed by atoms with Gasteiger partial charge in [0.1, 0.15) is 11.5 Å². The lowest BCUT2D eigenvalue weighted by atomic mass is 10.1. The fraction of sp³-hybridized carbons (Fsp3) is 0.235. The van der Waals surface area contributed by atoms with Crippen LogP contribution in [0.5, 0.6) is 11.5 Å². The fourth-order valence-electron chi connectivity index (χ4n) is 2.21. The van der Waals surface area contributed by atoms with E-state index in [0.29, 0.717) is 23.5 Å². The third kappa shape index (κ3) is 3.16. The Morgan fingerprint density at radius 2 is 2.00 bits per heavy atom. The molecule has 1 N–H and O–H groups in total. The first-order valence-electron chi connectivity index (χ1n) is 6.82. The van der Waals surface area contributed by atoms with Crippen LogP contribution in [0.15, 0.2) is 42.5 Å². The van der Waals surface area contributed by atoms with Crippen LogP contribution in [0.2, 0.25) is 0 Å². The molecule has 0 unspecified atom stereocenters. The summed E-state index contributed by atoms with van der Waals surface area (Å²) in [5.41, 5.74) is 2.21. The van der Waals surface area contributed by atoms with E-state index >= 15 is 0 Å². The Morgan fingerprint density at radius 3 is 2.62 bits per heavy atom. The number of methoxy groups -OCH3 is 1. The van der Waals surface area contributed by atoms with E-state index in [2.05, 4.69) is 0 Å². The zero-order valence-corrected chi connectivity index (χ0v) is 12.5. The SMILES string of the molecule is CCN(C(=O)c1ccc(C)c(OC)c1)c1cccc(O)c1. The number of amides is 1. The standard InChI is InChI=1S/C17H19NO3/c1-4-18(14-6-5-7-15(19)11-14)17(20)13-9-8-12(2)16(10-13)21-3/h5-11,19H,4H2,1-3H3. The van der Waals surface area contributed by atoms with Crippen LogP contribution in [0.25, 0.3) is 0 Å². The van der Waals surface area contributed by atoms with Gasteiger partial charge in [-0.1, -0.05) is 12.1 Å². The number of carbonyl (C=O) groups is 1. The molecule has 4 heteroatoms. The summed E-state index contributed by atoms with van der Waals surface area (Å²) in [6.07, 6.45) is 0. The molecule has 0 saturated carbocycles. The van der Waals surface area contributed by atoms with E-state index in [4.69, 9.17) is 4.74 Å². The Kier molecular flexibility index (Phi) is 4.48. The number of nitrogens with zero attached hydrogens (tertiary/aromatic N) is 1. The van der Waals surface area contributed by atoms with E-state index in [9.17, 15) is 9.90 Å². The zero-order chi connectivity index (χ0) is 15.4. The molecule has 0 atom stereocenters. The summed E-state index contributed by atoms with van der Waals surface area (Å²) in [5.74, 6) is 0.703. The zero-order valence-electron chi connectivity index (χ0n) is 12.5. The molecule has 2 aromatic carbocycles. The van der Waals surface area contributed by atoms with E-state index in [0.717, 1.165) is 5.56 Å². The van der Waals surface area contributed by atoms with Gasteiger partial charge in [-0.15, -0.1) is 0 Å². The highest BCUT2D eigenvalue weighted by molar-refractivity contribution is 6.06. The highest BCUT2D eigenvalue weighted by atomic mass is 16.5. The Labute approximate surface area is 124 Å².